The highest BCUT2D eigenvalue weighted by Gasteiger charge is 2.28. The lowest BCUT2D eigenvalue weighted by Crippen LogP contribution is -2.36. The van der Waals surface area contributed by atoms with E-state index in [0.29, 0.717) is 55.0 Å². The number of amides is 1. The zero-order valence-electron chi connectivity index (χ0n) is 15.9. The lowest BCUT2D eigenvalue weighted by atomic mass is 10.1. The third-order valence-electron chi connectivity index (χ3n) is 5.30. The number of ether oxygens (including phenoxy) is 1. The maximum Gasteiger partial charge on any atom is 0.270 e. The number of aromatic nitrogens is 4. The molecule has 0 radical (unpaired) electrons. The molecule has 9 nitrogen and oxygen atoms in total. The van der Waals surface area contributed by atoms with Crippen molar-refractivity contribution in [3.05, 3.63) is 64.0 Å². The molecule has 0 fully saturated rings. The van der Waals surface area contributed by atoms with E-state index in [2.05, 4.69) is 10.1 Å². The van der Waals surface area contributed by atoms with Gasteiger partial charge in [-0.2, -0.15) is 0 Å². The highest BCUT2D eigenvalue weighted by molar-refractivity contribution is 5.98. The first-order chi connectivity index (χ1) is 14.2. The van der Waals surface area contributed by atoms with Crippen LogP contribution < -0.4 is 5.56 Å². The van der Waals surface area contributed by atoms with E-state index < -0.39 is 0 Å². The van der Waals surface area contributed by atoms with Gasteiger partial charge in [0, 0.05) is 38.4 Å². The van der Waals surface area contributed by atoms with Gasteiger partial charge >= 0.3 is 0 Å². The Bertz CT molecular complexity index is 1290. The van der Waals surface area contributed by atoms with Crippen LogP contribution >= 0.6 is 0 Å². The Morgan fingerprint density at radius 3 is 3.10 bits per heavy atom. The molecule has 0 bridgehead atoms. The summed E-state index contributed by atoms with van der Waals surface area (Å²) in [6, 6.07) is 7.02. The smallest absolute Gasteiger partial charge is 0.270 e. The SMILES string of the molecule is COCCn1c(C(=O)N2CCc3oncc3C2)cc2c(=O)n3ccccc3nc21. The van der Waals surface area contributed by atoms with Crippen molar-refractivity contribution in [3.8, 4) is 0 Å². The van der Waals surface area contributed by atoms with E-state index in [-0.39, 0.29) is 11.5 Å². The van der Waals surface area contributed by atoms with Gasteiger partial charge in [0.2, 0.25) is 0 Å². The van der Waals surface area contributed by atoms with Crippen LogP contribution in [0.5, 0.6) is 0 Å². The van der Waals surface area contributed by atoms with Crippen molar-refractivity contribution < 1.29 is 14.1 Å². The fourth-order valence-electron chi connectivity index (χ4n) is 3.81. The third kappa shape index (κ3) is 2.82. The Morgan fingerprint density at radius 2 is 2.24 bits per heavy atom. The van der Waals surface area contributed by atoms with Crippen LogP contribution in [0, 0.1) is 0 Å². The number of carbonyl (C=O) groups excluding carboxylic acids is 1. The molecule has 148 valence electrons. The van der Waals surface area contributed by atoms with Crippen molar-refractivity contribution >= 4 is 22.6 Å². The summed E-state index contributed by atoms with van der Waals surface area (Å²) in [5.74, 6) is 0.666. The molecule has 0 saturated carbocycles. The second-order valence-electron chi connectivity index (χ2n) is 7.01. The Morgan fingerprint density at radius 1 is 1.34 bits per heavy atom. The van der Waals surface area contributed by atoms with Crippen LogP contribution in [-0.2, 0) is 24.2 Å². The summed E-state index contributed by atoms with van der Waals surface area (Å²) < 4.78 is 13.7. The molecule has 0 atom stereocenters. The highest BCUT2D eigenvalue weighted by atomic mass is 16.5. The van der Waals surface area contributed by atoms with Gasteiger partial charge in [0.1, 0.15) is 22.7 Å². The predicted molar refractivity (Wildman–Crippen MR) is 104 cm³/mol. The largest absolute Gasteiger partial charge is 0.383 e. The van der Waals surface area contributed by atoms with Crippen molar-refractivity contribution in [2.75, 3.05) is 20.3 Å². The average molecular weight is 393 g/mol. The number of nitrogens with zero attached hydrogens (tertiary/aromatic N) is 5. The molecular weight excluding hydrogens is 374 g/mol. The van der Waals surface area contributed by atoms with Crippen molar-refractivity contribution in [1.29, 1.82) is 0 Å². The van der Waals surface area contributed by atoms with Crippen molar-refractivity contribution in [2.24, 2.45) is 0 Å². The van der Waals surface area contributed by atoms with Crippen LogP contribution in [0.4, 0.5) is 0 Å². The van der Waals surface area contributed by atoms with Crippen LogP contribution in [0.1, 0.15) is 21.8 Å². The molecule has 5 rings (SSSR count). The molecule has 1 amide bonds. The van der Waals surface area contributed by atoms with Crippen molar-refractivity contribution in [2.45, 2.75) is 19.5 Å². The fourth-order valence-corrected chi connectivity index (χ4v) is 3.81. The molecule has 4 aromatic heterocycles. The molecule has 5 heterocycles. The van der Waals surface area contributed by atoms with Gasteiger partial charge in [-0.15, -0.1) is 0 Å². The molecule has 9 heteroatoms. The zero-order chi connectivity index (χ0) is 20.0. The van der Waals surface area contributed by atoms with Crippen LogP contribution in [0.2, 0.25) is 0 Å². The van der Waals surface area contributed by atoms with Crippen molar-refractivity contribution in [3.63, 3.8) is 0 Å². The fraction of sp³-hybridized carbons (Fsp3) is 0.300. The second kappa shape index (κ2) is 6.85. The van der Waals surface area contributed by atoms with Crippen LogP contribution in [0.15, 0.2) is 46.0 Å². The second-order valence-corrected chi connectivity index (χ2v) is 7.01. The monoisotopic (exact) mass is 393 g/mol. The summed E-state index contributed by atoms with van der Waals surface area (Å²) in [7, 11) is 1.60. The number of hydrogen-bond acceptors (Lipinski definition) is 6. The molecule has 1 aliphatic heterocycles. The molecule has 4 aromatic rings. The van der Waals surface area contributed by atoms with Gasteiger partial charge in [0.15, 0.2) is 0 Å². The van der Waals surface area contributed by atoms with Gasteiger partial charge in [-0.1, -0.05) is 11.2 Å². The van der Waals surface area contributed by atoms with Crippen LogP contribution in [0.25, 0.3) is 16.7 Å². The maximum absolute atomic E-state index is 13.4. The number of carbonyl (C=O) groups is 1. The topological polar surface area (TPSA) is 94.9 Å². The molecule has 1 aliphatic rings. The minimum atomic E-state index is -0.198. The lowest BCUT2D eigenvalue weighted by Gasteiger charge is -2.26. The Hall–Kier alpha value is -3.46. The van der Waals surface area contributed by atoms with Crippen LogP contribution in [-0.4, -0.2) is 50.2 Å². The number of pyridine rings is 1. The van der Waals surface area contributed by atoms with Gasteiger partial charge in [0.25, 0.3) is 11.5 Å². The Labute approximate surface area is 165 Å². The van der Waals surface area contributed by atoms with E-state index in [0.717, 1.165) is 11.3 Å². The van der Waals surface area contributed by atoms with E-state index in [1.165, 1.54) is 4.40 Å². The Kier molecular flexibility index (Phi) is 4.17. The van der Waals surface area contributed by atoms with E-state index >= 15 is 0 Å². The minimum Gasteiger partial charge on any atom is -0.383 e. The van der Waals surface area contributed by atoms with E-state index in [1.807, 2.05) is 6.07 Å². The summed E-state index contributed by atoms with van der Waals surface area (Å²) in [6.45, 7) is 1.78. The Balaban J connectivity index is 1.64. The minimum absolute atomic E-state index is 0.153. The number of fused-ring (bicyclic) bond motifs is 3. The first-order valence-corrected chi connectivity index (χ1v) is 9.38. The van der Waals surface area contributed by atoms with E-state index in [4.69, 9.17) is 9.26 Å². The molecule has 0 spiro atoms. The number of rotatable bonds is 4. The number of hydrogen-bond donors (Lipinski definition) is 0. The van der Waals surface area contributed by atoms with Gasteiger partial charge in [-0.25, -0.2) is 4.98 Å². The molecular formula is C20H19N5O4. The summed E-state index contributed by atoms with van der Waals surface area (Å²) in [5.41, 5.74) is 2.17. The van der Waals surface area contributed by atoms with Gasteiger partial charge in [0.05, 0.1) is 24.7 Å². The average Bonchev–Trinajstić information content (AvgIpc) is 3.36. The highest BCUT2D eigenvalue weighted by Crippen LogP contribution is 2.23. The van der Waals surface area contributed by atoms with Gasteiger partial charge in [-0.3, -0.25) is 14.0 Å². The molecule has 29 heavy (non-hydrogen) atoms. The first kappa shape index (κ1) is 17.6. The molecule has 0 aliphatic carbocycles. The standard InChI is InChI=1S/C20H19N5O4/c1-28-9-8-24-15(20(27)23-7-5-16-13(12-23)11-21-29-16)10-14-18(24)22-17-4-2-3-6-25(17)19(14)26/h2-4,6,10-11H,5,7-9,12H2,1H3. The van der Waals surface area contributed by atoms with E-state index in [9.17, 15) is 9.59 Å². The van der Waals surface area contributed by atoms with Crippen LogP contribution in [0.3, 0.4) is 0 Å². The van der Waals surface area contributed by atoms with Crippen molar-refractivity contribution in [1.82, 2.24) is 24.0 Å². The molecule has 0 unspecified atom stereocenters. The summed E-state index contributed by atoms with van der Waals surface area (Å²) >= 11 is 0. The number of methoxy groups -OCH3 is 1. The third-order valence-corrected chi connectivity index (χ3v) is 5.30. The van der Waals surface area contributed by atoms with Gasteiger partial charge < -0.3 is 18.7 Å². The zero-order valence-corrected chi connectivity index (χ0v) is 15.9. The van der Waals surface area contributed by atoms with E-state index in [1.54, 1.807) is 47.2 Å². The predicted octanol–water partition coefficient (Wildman–Crippen LogP) is 1.48. The quantitative estimate of drug-likeness (QED) is 0.521. The lowest BCUT2D eigenvalue weighted by molar-refractivity contribution is 0.0716. The maximum atomic E-state index is 13.4. The normalized spacial score (nSPS) is 13.9. The summed E-state index contributed by atoms with van der Waals surface area (Å²) in [4.78, 5) is 32.7. The summed E-state index contributed by atoms with van der Waals surface area (Å²) in [6.07, 6.45) is 3.94. The molecule has 0 N–H and O–H groups in total. The summed E-state index contributed by atoms with van der Waals surface area (Å²) in [5, 5.41) is 4.23. The first-order valence-electron chi connectivity index (χ1n) is 9.38. The van der Waals surface area contributed by atoms with Gasteiger partial charge in [-0.05, 0) is 18.2 Å². The molecule has 0 saturated heterocycles. The molecule has 0 aromatic carbocycles.